The van der Waals surface area contributed by atoms with Crippen molar-refractivity contribution in [3.63, 3.8) is 0 Å². The number of thioether (sulfide) groups is 1. The molecule has 1 amide bonds. The lowest BCUT2D eigenvalue weighted by atomic mass is 10.4. The second kappa shape index (κ2) is 7.37. The highest BCUT2D eigenvalue weighted by atomic mass is 32.2. The normalized spacial score (nSPS) is 10.5. The topological polar surface area (TPSA) is 46.3 Å². The fourth-order valence-corrected chi connectivity index (χ4v) is 2.31. The van der Waals surface area contributed by atoms with Crippen molar-refractivity contribution in [2.24, 2.45) is 0 Å². The van der Waals surface area contributed by atoms with Crippen LogP contribution in [0.4, 0.5) is 4.79 Å². The minimum atomic E-state index is 0.128. The number of aryl methyl sites for hydroxylation is 1. The first-order valence-electron chi connectivity index (χ1n) is 6.01. The van der Waals surface area contributed by atoms with Crippen LogP contribution in [0.3, 0.4) is 0 Å². The number of hydrogen-bond donors (Lipinski definition) is 0. The lowest BCUT2D eigenvalue weighted by Gasteiger charge is -2.20. The smallest absolute Gasteiger partial charge is 0.282 e. The number of carbonyl (C=O) groups is 1. The highest BCUT2D eigenvalue weighted by molar-refractivity contribution is 8.12. The number of hydrogen-bond acceptors (Lipinski definition) is 4. The Bertz CT molecular complexity index is 346. The average molecular weight is 256 g/mol. The summed E-state index contributed by atoms with van der Waals surface area (Å²) in [6.45, 7) is 7.70. The summed E-state index contributed by atoms with van der Waals surface area (Å²) in [4.78, 5) is 13.8. The van der Waals surface area contributed by atoms with E-state index >= 15 is 0 Å². The quantitative estimate of drug-likeness (QED) is 0.782. The van der Waals surface area contributed by atoms with Gasteiger partial charge in [0.2, 0.25) is 0 Å². The molecule has 0 unspecified atom stereocenters. The Morgan fingerprint density at radius 2 is 2.06 bits per heavy atom. The number of nitrogens with zero attached hydrogens (tertiary/aromatic N) is 2. The van der Waals surface area contributed by atoms with Crippen molar-refractivity contribution in [3.8, 4) is 0 Å². The SMILES string of the molecule is CCCN(CCC)C(=O)SCc1cc(C)no1. The molecule has 4 nitrogen and oxygen atoms in total. The Hall–Kier alpha value is -0.970. The van der Waals surface area contributed by atoms with Gasteiger partial charge in [-0.2, -0.15) is 0 Å². The Morgan fingerprint density at radius 1 is 1.41 bits per heavy atom. The molecule has 1 rings (SSSR count). The van der Waals surface area contributed by atoms with E-state index < -0.39 is 0 Å². The van der Waals surface area contributed by atoms with Gasteiger partial charge in [-0.15, -0.1) is 0 Å². The number of amides is 1. The van der Waals surface area contributed by atoms with Gasteiger partial charge in [0.05, 0.1) is 11.4 Å². The van der Waals surface area contributed by atoms with Crippen molar-refractivity contribution in [3.05, 3.63) is 17.5 Å². The largest absolute Gasteiger partial charge is 0.360 e. The molecule has 0 aromatic carbocycles. The Kier molecular flexibility index (Phi) is 6.11. The molecule has 0 N–H and O–H groups in total. The second-order valence-electron chi connectivity index (χ2n) is 3.98. The second-order valence-corrected chi connectivity index (χ2v) is 4.90. The van der Waals surface area contributed by atoms with Crippen molar-refractivity contribution in [1.29, 1.82) is 0 Å². The fraction of sp³-hybridized carbons (Fsp3) is 0.667. The van der Waals surface area contributed by atoms with Gasteiger partial charge in [-0.05, 0) is 19.8 Å². The highest BCUT2D eigenvalue weighted by Gasteiger charge is 2.13. The van der Waals surface area contributed by atoms with E-state index in [0.29, 0.717) is 5.75 Å². The molecule has 0 bridgehead atoms. The molecular formula is C12H20N2O2S. The lowest BCUT2D eigenvalue weighted by Crippen LogP contribution is -2.29. The molecule has 0 aliphatic rings. The van der Waals surface area contributed by atoms with Crippen LogP contribution < -0.4 is 0 Å². The van der Waals surface area contributed by atoms with Crippen LogP contribution in [0.15, 0.2) is 10.6 Å². The molecule has 0 radical (unpaired) electrons. The fourth-order valence-electron chi connectivity index (χ4n) is 1.54. The van der Waals surface area contributed by atoms with E-state index in [0.717, 1.165) is 37.4 Å². The lowest BCUT2D eigenvalue weighted by molar-refractivity contribution is 0.223. The standard InChI is InChI=1S/C12H20N2O2S/c1-4-6-14(7-5-2)12(15)17-9-11-8-10(3)13-16-11/h8H,4-7,9H2,1-3H3. The van der Waals surface area contributed by atoms with Gasteiger partial charge >= 0.3 is 0 Å². The van der Waals surface area contributed by atoms with Crippen LogP contribution in [0.5, 0.6) is 0 Å². The molecule has 0 spiro atoms. The third-order valence-corrected chi connectivity index (χ3v) is 3.19. The summed E-state index contributed by atoms with van der Waals surface area (Å²) in [5.41, 5.74) is 0.854. The minimum Gasteiger partial charge on any atom is -0.360 e. The maximum Gasteiger partial charge on any atom is 0.282 e. The summed E-state index contributed by atoms with van der Waals surface area (Å²) in [6.07, 6.45) is 1.99. The highest BCUT2D eigenvalue weighted by Crippen LogP contribution is 2.17. The summed E-state index contributed by atoms with van der Waals surface area (Å²) in [6, 6.07) is 1.87. The molecule has 5 heteroatoms. The van der Waals surface area contributed by atoms with Crippen LogP contribution >= 0.6 is 11.8 Å². The first-order valence-corrected chi connectivity index (χ1v) is 6.99. The third kappa shape index (κ3) is 4.81. The molecule has 0 saturated carbocycles. The average Bonchev–Trinajstić information content (AvgIpc) is 2.72. The zero-order valence-corrected chi connectivity index (χ0v) is 11.5. The molecule has 1 aromatic heterocycles. The van der Waals surface area contributed by atoms with Crippen molar-refractivity contribution < 1.29 is 9.32 Å². The van der Waals surface area contributed by atoms with E-state index in [2.05, 4.69) is 19.0 Å². The third-order valence-electron chi connectivity index (χ3n) is 2.26. The van der Waals surface area contributed by atoms with Crippen molar-refractivity contribution in [2.75, 3.05) is 13.1 Å². The van der Waals surface area contributed by atoms with E-state index in [1.807, 2.05) is 17.9 Å². The minimum absolute atomic E-state index is 0.128. The van der Waals surface area contributed by atoms with Crippen LogP contribution in [0.2, 0.25) is 0 Å². The summed E-state index contributed by atoms with van der Waals surface area (Å²) in [5, 5.41) is 3.93. The molecule has 96 valence electrons. The van der Waals surface area contributed by atoms with Gasteiger partial charge < -0.3 is 9.42 Å². The van der Waals surface area contributed by atoms with E-state index in [-0.39, 0.29) is 5.24 Å². The van der Waals surface area contributed by atoms with E-state index in [9.17, 15) is 4.79 Å². The van der Waals surface area contributed by atoms with Gasteiger partial charge in [-0.1, -0.05) is 30.8 Å². The van der Waals surface area contributed by atoms with Gasteiger partial charge in [0.25, 0.3) is 5.24 Å². The van der Waals surface area contributed by atoms with Crippen LogP contribution in [-0.4, -0.2) is 28.4 Å². The first kappa shape index (κ1) is 14.1. The molecule has 0 aliphatic heterocycles. The Morgan fingerprint density at radius 3 is 2.53 bits per heavy atom. The summed E-state index contributed by atoms with van der Waals surface area (Å²) < 4.78 is 5.07. The van der Waals surface area contributed by atoms with Gasteiger partial charge in [0, 0.05) is 19.2 Å². The van der Waals surface area contributed by atoms with E-state index in [4.69, 9.17) is 4.52 Å². The molecule has 1 heterocycles. The Labute approximate surface area is 107 Å². The van der Waals surface area contributed by atoms with Gasteiger partial charge in [0.15, 0.2) is 0 Å². The zero-order chi connectivity index (χ0) is 12.7. The molecular weight excluding hydrogens is 236 g/mol. The molecule has 1 aromatic rings. The Balaban J connectivity index is 2.41. The predicted molar refractivity (Wildman–Crippen MR) is 70.1 cm³/mol. The number of aromatic nitrogens is 1. The van der Waals surface area contributed by atoms with Gasteiger partial charge in [0.1, 0.15) is 5.76 Å². The number of rotatable bonds is 6. The number of carbonyl (C=O) groups excluding carboxylic acids is 1. The summed E-state index contributed by atoms with van der Waals surface area (Å²) in [7, 11) is 0. The maximum absolute atomic E-state index is 11.9. The maximum atomic E-state index is 11.9. The summed E-state index contributed by atoms with van der Waals surface area (Å²) >= 11 is 1.28. The molecule has 0 fully saturated rings. The van der Waals surface area contributed by atoms with Crippen molar-refractivity contribution in [1.82, 2.24) is 10.1 Å². The first-order chi connectivity index (χ1) is 8.17. The monoisotopic (exact) mass is 256 g/mol. The van der Waals surface area contributed by atoms with Crippen molar-refractivity contribution >= 4 is 17.0 Å². The van der Waals surface area contributed by atoms with Crippen LogP contribution in [-0.2, 0) is 5.75 Å². The zero-order valence-electron chi connectivity index (χ0n) is 10.7. The molecule has 0 saturated heterocycles. The van der Waals surface area contributed by atoms with Crippen LogP contribution in [0, 0.1) is 6.92 Å². The van der Waals surface area contributed by atoms with Gasteiger partial charge in [-0.25, -0.2) is 0 Å². The molecule has 17 heavy (non-hydrogen) atoms. The van der Waals surface area contributed by atoms with E-state index in [1.54, 1.807) is 0 Å². The van der Waals surface area contributed by atoms with Crippen molar-refractivity contribution in [2.45, 2.75) is 39.4 Å². The molecule has 0 atom stereocenters. The predicted octanol–water partition coefficient (Wildman–Crippen LogP) is 3.46. The van der Waals surface area contributed by atoms with Gasteiger partial charge in [-0.3, -0.25) is 4.79 Å². The molecule has 0 aliphatic carbocycles. The van der Waals surface area contributed by atoms with Crippen LogP contribution in [0.25, 0.3) is 0 Å². The summed E-state index contributed by atoms with van der Waals surface area (Å²) in [5.74, 6) is 1.32. The van der Waals surface area contributed by atoms with E-state index in [1.165, 1.54) is 11.8 Å². The van der Waals surface area contributed by atoms with Crippen LogP contribution in [0.1, 0.15) is 38.1 Å².